The van der Waals surface area contributed by atoms with Gasteiger partial charge in [-0.3, -0.25) is 9.48 Å². The maximum Gasteiger partial charge on any atom is 0.244 e. The molecule has 6 heteroatoms. The van der Waals surface area contributed by atoms with Crippen LogP contribution in [0.5, 0.6) is 0 Å². The zero-order chi connectivity index (χ0) is 16.2. The van der Waals surface area contributed by atoms with Crippen molar-refractivity contribution in [3.8, 4) is 0 Å². The number of aromatic nitrogens is 2. The van der Waals surface area contributed by atoms with Gasteiger partial charge in [-0.15, -0.1) is 0 Å². The topological polar surface area (TPSA) is 50.2 Å². The number of carbonyl (C=O) groups is 1. The minimum atomic E-state index is -0.0352. The lowest BCUT2D eigenvalue weighted by Gasteiger charge is -2.38. The summed E-state index contributed by atoms with van der Waals surface area (Å²) in [4.78, 5) is 14.8. The molecule has 0 aromatic carbocycles. The van der Waals surface area contributed by atoms with E-state index in [4.69, 9.17) is 0 Å². The van der Waals surface area contributed by atoms with Gasteiger partial charge < -0.3 is 10.2 Å². The van der Waals surface area contributed by atoms with Crippen LogP contribution in [0, 0.1) is 0 Å². The first-order chi connectivity index (χ1) is 11.2. The van der Waals surface area contributed by atoms with Gasteiger partial charge in [0.05, 0.1) is 17.9 Å². The molecule has 3 atom stereocenters. The maximum atomic E-state index is 12.9. The van der Waals surface area contributed by atoms with Gasteiger partial charge in [0.25, 0.3) is 0 Å². The van der Waals surface area contributed by atoms with E-state index in [1.54, 1.807) is 10.9 Å². The van der Waals surface area contributed by atoms with Gasteiger partial charge in [-0.1, -0.05) is 19.8 Å². The number of anilines is 1. The normalized spacial score (nSPS) is 29.0. The Morgan fingerprint density at radius 1 is 1.30 bits per heavy atom. The number of aryl methyl sites for hydroxylation is 1. The minimum absolute atomic E-state index is 0.0352. The number of amides is 1. The van der Waals surface area contributed by atoms with E-state index in [-0.39, 0.29) is 11.9 Å². The number of nitrogens with zero attached hydrogens (tertiary/aromatic N) is 3. The highest BCUT2D eigenvalue weighted by atomic mass is 32.2. The summed E-state index contributed by atoms with van der Waals surface area (Å²) in [5, 5.41) is 8.57. The Kier molecular flexibility index (Phi) is 5.64. The van der Waals surface area contributed by atoms with Crippen molar-refractivity contribution < 1.29 is 4.79 Å². The quantitative estimate of drug-likeness (QED) is 0.898. The molecule has 1 saturated heterocycles. The van der Waals surface area contributed by atoms with E-state index in [1.807, 2.05) is 29.9 Å². The second kappa shape index (κ2) is 7.71. The van der Waals surface area contributed by atoms with Gasteiger partial charge in [-0.05, 0) is 31.4 Å². The van der Waals surface area contributed by atoms with Gasteiger partial charge in [-0.2, -0.15) is 16.9 Å². The largest absolute Gasteiger partial charge is 0.308 e. The third-order valence-electron chi connectivity index (χ3n) is 4.94. The molecule has 1 saturated carbocycles. The second-order valence-electron chi connectivity index (χ2n) is 6.61. The Morgan fingerprint density at radius 3 is 2.87 bits per heavy atom. The SMILES string of the molecule is CCS[C@@H]1CCCC[C@H]1N[C@@H]1CCCN(c2cnn(C)c2)C1=O. The van der Waals surface area contributed by atoms with E-state index < -0.39 is 0 Å². The average Bonchev–Trinajstić information content (AvgIpc) is 2.98. The zero-order valence-electron chi connectivity index (χ0n) is 14.2. The van der Waals surface area contributed by atoms with Crippen LogP contribution in [0.15, 0.2) is 12.4 Å². The lowest BCUT2D eigenvalue weighted by Crippen LogP contribution is -2.56. The third-order valence-corrected chi connectivity index (χ3v) is 6.27. The molecule has 5 nitrogen and oxygen atoms in total. The van der Waals surface area contributed by atoms with Crippen LogP contribution >= 0.6 is 11.8 Å². The smallest absolute Gasteiger partial charge is 0.244 e. The molecule has 1 aliphatic carbocycles. The monoisotopic (exact) mass is 336 g/mol. The van der Waals surface area contributed by atoms with Gasteiger partial charge in [0.15, 0.2) is 0 Å². The Labute approximate surface area is 143 Å². The summed E-state index contributed by atoms with van der Waals surface area (Å²) in [6, 6.07) is 0.448. The van der Waals surface area contributed by atoms with Crippen LogP contribution in [0.4, 0.5) is 5.69 Å². The summed E-state index contributed by atoms with van der Waals surface area (Å²) in [7, 11) is 1.89. The molecule has 0 spiro atoms. The van der Waals surface area contributed by atoms with E-state index in [2.05, 4.69) is 17.3 Å². The van der Waals surface area contributed by atoms with Gasteiger partial charge >= 0.3 is 0 Å². The van der Waals surface area contributed by atoms with Gasteiger partial charge in [0, 0.05) is 31.1 Å². The van der Waals surface area contributed by atoms with Gasteiger partial charge in [-0.25, -0.2) is 0 Å². The van der Waals surface area contributed by atoms with Gasteiger partial charge in [0.2, 0.25) is 5.91 Å². The minimum Gasteiger partial charge on any atom is -0.308 e. The van der Waals surface area contributed by atoms with E-state index in [0.717, 1.165) is 30.8 Å². The molecule has 2 aliphatic rings. The molecule has 2 fully saturated rings. The molecular weight excluding hydrogens is 308 g/mol. The molecule has 128 valence electrons. The molecule has 2 heterocycles. The summed E-state index contributed by atoms with van der Waals surface area (Å²) in [6.45, 7) is 3.03. The summed E-state index contributed by atoms with van der Waals surface area (Å²) in [5.74, 6) is 1.37. The molecule has 1 N–H and O–H groups in total. The average molecular weight is 337 g/mol. The predicted octanol–water partition coefficient (Wildman–Crippen LogP) is 2.57. The Bertz CT molecular complexity index is 530. The fourth-order valence-electron chi connectivity index (χ4n) is 3.79. The predicted molar refractivity (Wildman–Crippen MR) is 95.9 cm³/mol. The first kappa shape index (κ1) is 16.8. The highest BCUT2D eigenvalue weighted by molar-refractivity contribution is 7.99. The van der Waals surface area contributed by atoms with Crippen LogP contribution in [0.2, 0.25) is 0 Å². The van der Waals surface area contributed by atoms with Crippen molar-refractivity contribution in [3.63, 3.8) is 0 Å². The van der Waals surface area contributed by atoms with E-state index in [1.165, 1.54) is 25.7 Å². The van der Waals surface area contributed by atoms with E-state index >= 15 is 0 Å². The van der Waals surface area contributed by atoms with Crippen molar-refractivity contribution in [1.82, 2.24) is 15.1 Å². The highest BCUT2D eigenvalue weighted by Gasteiger charge is 2.34. The number of hydrogen-bond acceptors (Lipinski definition) is 4. The number of carbonyl (C=O) groups excluding carboxylic acids is 1. The van der Waals surface area contributed by atoms with Crippen molar-refractivity contribution in [2.75, 3.05) is 17.2 Å². The van der Waals surface area contributed by atoms with Crippen molar-refractivity contribution >= 4 is 23.4 Å². The molecule has 0 radical (unpaired) electrons. The number of rotatable bonds is 5. The molecule has 0 unspecified atom stereocenters. The van der Waals surface area contributed by atoms with Crippen molar-refractivity contribution in [2.24, 2.45) is 7.05 Å². The van der Waals surface area contributed by atoms with Crippen molar-refractivity contribution in [2.45, 2.75) is 62.8 Å². The Balaban J connectivity index is 1.66. The molecular formula is C17H28N4OS. The molecule has 1 amide bonds. The summed E-state index contributed by atoms with van der Waals surface area (Å²) >= 11 is 2.05. The molecule has 1 aromatic heterocycles. The van der Waals surface area contributed by atoms with Crippen molar-refractivity contribution in [3.05, 3.63) is 12.4 Å². The number of piperidine rings is 1. The Morgan fingerprint density at radius 2 is 2.13 bits per heavy atom. The highest BCUT2D eigenvalue weighted by Crippen LogP contribution is 2.30. The summed E-state index contributed by atoms with van der Waals surface area (Å²) in [6.07, 6.45) is 10.8. The number of thioether (sulfide) groups is 1. The number of hydrogen-bond donors (Lipinski definition) is 1. The lowest BCUT2D eigenvalue weighted by molar-refractivity contribution is -0.122. The van der Waals surface area contributed by atoms with Crippen molar-refractivity contribution in [1.29, 1.82) is 0 Å². The zero-order valence-corrected chi connectivity index (χ0v) is 15.0. The van der Waals surface area contributed by atoms with Crippen LogP contribution in [0.3, 0.4) is 0 Å². The van der Waals surface area contributed by atoms with E-state index in [0.29, 0.717) is 11.3 Å². The molecule has 1 aromatic rings. The molecule has 0 bridgehead atoms. The Hall–Kier alpha value is -1.01. The fraction of sp³-hybridized carbons (Fsp3) is 0.765. The third kappa shape index (κ3) is 3.91. The second-order valence-corrected chi connectivity index (χ2v) is 8.12. The number of nitrogens with one attached hydrogen (secondary N) is 1. The van der Waals surface area contributed by atoms with Crippen LogP contribution < -0.4 is 10.2 Å². The van der Waals surface area contributed by atoms with Crippen LogP contribution in [0.1, 0.15) is 45.4 Å². The molecule has 23 heavy (non-hydrogen) atoms. The van der Waals surface area contributed by atoms with Crippen LogP contribution in [0.25, 0.3) is 0 Å². The first-order valence-corrected chi connectivity index (χ1v) is 9.91. The van der Waals surface area contributed by atoms with E-state index in [9.17, 15) is 4.79 Å². The first-order valence-electron chi connectivity index (χ1n) is 8.86. The fourth-order valence-corrected chi connectivity index (χ4v) is 5.00. The maximum absolute atomic E-state index is 12.9. The van der Waals surface area contributed by atoms with Crippen LogP contribution in [-0.2, 0) is 11.8 Å². The molecule has 1 aliphatic heterocycles. The summed E-state index contributed by atoms with van der Waals surface area (Å²) in [5.41, 5.74) is 0.923. The van der Waals surface area contributed by atoms with Gasteiger partial charge in [0.1, 0.15) is 0 Å². The van der Waals surface area contributed by atoms with Crippen LogP contribution in [-0.4, -0.2) is 45.3 Å². The summed E-state index contributed by atoms with van der Waals surface area (Å²) < 4.78 is 1.76. The molecule has 3 rings (SSSR count). The lowest BCUT2D eigenvalue weighted by atomic mass is 9.93. The standard InChI is InChI=1S/C17H28N4OS/c1-3-23-16-9-5-4-7-14(16)19-15-8-6-10-21(17(15)22)13-11-18-20(2)12-13/h11-12,14-16,19H,3-10H2,1-2H3/t14-,15-,16-/m1/s1.